The van der Waals surface area contributed by atoms with Gasteiger partial charge >= 0.3 is 0 Å². The largest absolute Gasteiger partial charge is 0.456 e. The summed E-state index contributed by atoms with van der Waals surface area (Å²) < 4.78 is 561. The Balaban J connectivity index is 0.000000186. The molecule has 22 rings (SSSR count). The van der Waals surface area contributed by atoms with Crippen LogP contribution in [0.3, 0.4) is 0 Å². The van der Waals surface area contributed by atoms with Crippen LogP contribution in [0.25, 0.3) is 218 Å². The topological polar surface area (TPSA) is 26.3 Å². The molecule has 0 saturated heterocycles. The van der Waals surface area contributed by atoms with Crippen LogP contribution in [0.2, 0.25) is 0 Å². The van der Waals surface area contributed by atoms with Gasteiger partial charge in [0.15, 0.2) is 0 Å². The van der Waals surface area contributed by atoms with E-state index in [1.807, 2.05) is 0 Å². The maximum Gasteiger partial charge on any atom is 0.136 e. The summed E-state index contributed by atoms with van der Waals surface area (Å²) >= 11 is 0. The molecule has 0 N–H and O–H groups in total. The summed E-state index contributed by atoms with van der Waals surface area (Å²) in [5, 5.41) is -16.8. The van der Waals surface area contributed by atoms with Gasteiger partial charge in [0.25, 0.3) is 0 Å². The van der Waals surface area contributed by atoms with Crippen molar-refractivity contribution in [3.63, 3.8) is 0 Å². The summed E-state index contributed by atoms with van der Waals surface area (Å²) in [6.07, 6.45) is 0. The van der Waals surface area contributed by atoms with Gasteiger partial charge in [-0.2, -0.15) is 0 Å². The van der Waals surface area contributed by atoms with E-state index in [0.717, 1.165) is 0 Å². The molecule has 0 spiro atoms. The third kappa shape index (κ3) is 9.00. The first kappa shape index (κ1) is 23.9. The van der Waals surface area contributed by atoms with Crippen LogP contribution in [0.15, 0.2) is 371 Å². The predicted octanol–water partition coefficient (Wildman–Crippen LogP) is 28.7. The fraction of sp³-hybridized carbons (Fsp3) is 0. The van der Waals surface area contributed by atoms with Crippen LogP contribution in [0.5, 0.6) is 0 Å². The lowest BCUT2D eigenvalue weighted by molar-refractivity contribution is 0.669. The first-order chi connectivity index (χ1) is 75.6. The zero-order valence-electron chi connectivity index (χ0n) is 111. The van der Waals surface area contributed by atoms with Gasteiger partial charge in [0.2, 0.25) is 0 Å². The quantitative estimate of drug-likeness (QED) is 0.155. The van der Waals surface area contributed by atoms with Gasteiger partial charge < -0.3 is 8.83 Å². The van der Waals surface area contributed by atoms with Gasteiger partial charge in [-0.25, -0.2) is 0 Å². The molecule has 0 bridgehead atoms. The van der Waals surface area contributed by atoms with E-state index in [1.54, 1.807) is 0 Å². The summed E-state index contributed by atoms with van der Waals surface area (Å²) in [5.74, 6) is 0. The van der Waals surface area contributed by atoms with Crippen LogP contribution >= 0.6 is 0 Å². The van der Waals surface area contributed by atoms with Crippen molar-refractivity contribution in [3.8, 4) is 66.8 Å². The summed E-state index contributed by atoms with van der Waals surface area (Å²) in [6.45, 7) is 0. The molecule has 0 radical (unpaired) electrons. The van der Waals surface area contributed by atoms with Crippen LogP contribution < -0.4 is 0 Å². The summed E-state index contributed by atoms with van der Waals surface area (Å²) in [7, 11) is 0. The van der Waals surface area contributed by atoms with E-state index in [0.29, 0.717) is 0 Å². The zero-order valence-corrected chi connectivity index (χ0v) is 50.8. The summed E-state index contributed by atoms with van der Waals surface area (Å²) in [6, 6.07) is -58.3. The van der Waals surface area contributed by atoms with Gasteiger partial charge in [-0.05, 0) is 229 Å². The van der Waals surface area contributed by atoms with E-state index in [2.05, 4.69) is 0 Å². The Morgan fingerprint density at radius 2 is 0.441 bits per heavy atom. The van der Waals surface area contributed by atoms with Crippen LogP contribution in [-0.4, -0.2) is 0 Å². The standard InChI is InChI=1S/2C50H30O/c1-4-17-35-31(13-1)16-11-25-39(35)47-40-20-7-9-22-42(40)48(43-23-10-8-21-41(43)47)44-30-34(29-33-15-3-5-18-36(33)44)38-24-12-26-45-50(38)49-37-19-6-2-14-32(37)27-28-46(49)51-45;1-2-14-33-28-35(25-24-31(33)12-1)47-40-18-7-9-20-42(40)48(43-21-10-8-19-41(43)47)44-30-36(29-34-15-4-5-16-37(34)44)39-22-11-23-45-50(39)49-38-17-6-3-13-32(38)26-27-46(49)51-45/h2*1-30H/i2*1D,2D,3D,4D,5D,6D,7D,8D,9D,10D,11D,12D,13D,14D,15D,16D,17D,18D,19D,20D,21D,22D,23D,24D,25D,26D,27D,28D,29D,30D. The molecule has 22 aromatic rings. The zero-order chi connectivity index (χ0) is 119. The minimum Gasteiger partial charge on any atom is -0.456 e. The van der Waals surface area contributed by atoms with Gasteiger partial charge in [0.05, 0.1) is 82.2 Å². The Kier molecular flexibility index (Phi) is 5.42. The average Bonchev–Trinajstić information content (AvgIpc) is 1.36. The Labute approximate surface area is 671 Å². The van der Waals surface area contributed by atoms with Gasteiger partial charge in [-0.1, -0.05) is 308 Å². The molecule has 0 saturated carbocycles. The molecule has 102 heavy (non-hydrogen) atoms. The number of rotatable bonds is 6. The van der Waals surface area contributed by atoms with Crippen LogP contribution in [0, 0.1) is 0 Å². The fourth-order valence-corrected chi connectivity index (χ4v) is 13.1. The van der Waals surface area contributed by atoms with Gasteiger partial charge in [-0.3, -0.25) is 0 Å². The molecule has 20 aromatic carbocycles. The maximum absolute atomic E-state index is 10.4. The highest BCUT2D eigenvalue weighted by molar-refractivity contribution is 6.29. The van der Waals surface area contributed by atoms with Crippen molar-refractivity contribution in [1.29, 1.82) is 0 Å². The Morgan fingerprint density at radius 1 is 0.157 bits per heavy atom. The molecule has 2 heteroatoms. The Morgan fingerprint density at radius 3 is 0.882 bits per heavy atom. The fourth-order valence-electron chi connectivity index (χ4n) is 13.1. The molecular weight excluding hydrogens is 1230 g/mol. The molecule has 0 fully saturated rings. The Bertz CT molecular complexity index is 10900. The van der Waals surface area contributed by atoms with E-state index < -0.39 is 581 Å². The molecule has 0 aliphatic rings. The van der Waals surface area contributed by atoms with Crippen LogP contribution in [-0.2, 0) is 0 Å². The van der Waals surface area contributed by atoms with Crippen molar-refractivity contribution in [2.75, 3.05) is 0 Å². The molecule has 0 unspecified atom stereocenters. The average molecular weight is 1350 g/mol. The lowest BCUT2D eigenvalue weighted by atomic mass is 9.83. The molecule has 2 heterocycles. The SMILES string of the molecule is [2H]c1c([2H])c(-c2c([2H])c(-c3c4c([2H])c([2H])c([2H])c([2H])c4c(-c4c([2H])c([2H])c([2H])c5c([2H])c([2H])c([2H])c([2H])c45)c4c([2H])c([2H])c([2H])c([2H])c34)c3c([2H])c([2H])c([2H])c([2H])c3c2[2H])c2c(oc3c([2H])c([2H])c4c([2H])c([2H])c([2H])c([2H])c4c32)c1[2H].[2H]c1c([2H])c(-c2c([2H])c(-c3c4c([2H])c([2H])c([2H])c([2H])c4c(-c4c([2H])c([2H])c5c([2H])c([2H])c([2H])c([2H])c5c4[2H])c4c([2H])c([2H])c([2H])c([2H])c34)c3c([2H])c([2H])c([2H])c([2H])c3c2[2H])c2c(oc3c([2H])c([2H])c4c([2H])c([2H])c([2H])c([2H])c4c32)c1[2H]. The van der Waals surface area contributed by atoms with Gasteiger partial charge in [-0.15, -0.1) is 0 Å². The minimum absolute atomic E-state index is 0.490. The highest BCUT2D eigenvalue weighted by Crippen LogP contribution is 2.52. The lowest BCUT2D eigenvalue weighted by Crippen LogP contribution is -1.93. The molecule has 2 nitrogen and oxygen atoms in total. The van der Waals surface area contributed by atoms with Crippen molar-refractivity contribution >= 4 is 152 Å². The van der Waals surface area contributed by atoms with E-state index in [-0.39, 0.29) is 0 Å². The highest BCUT2D eigenvalue weighted by Gasteiger charge is 2.25. The van der Waals surface area contributed by atoms with Crippen molar-refractivity contribution in [3.05, 3.63) is 363 Å². The molecule has 472 valence electrons. The number of furan rings is 2. The van der Waals surface area contributed by atoms with Crippen molar-refractivity contribution in [1.82, 2.24) is 0 Å². The second-order valence-corrected chi connectivity index (χ2v) is 22.5. The second-order valence-electron chi connectivity index (χ2n) is 22.5. The van der Waals surface area contributed by atoms with E-state index >= 15 is 0 Å². The number of fused-ring (bicyclic) bond motifs is 18. The molecule has 0 atom stereocenters. The second kappa shape index (κ2) is 23.1. The van der Waals surface area contributed by atoms with Crippen molar-refractivity contribution in [2.45, 2.75) is 0 Å². The smallest absolute Gasteiger partial charge is 0.136 e. The molecule has 2 aromatic heterocycles. The molecule has 0 aliphatic carbocycles. The predicted molar refractivity (Wildman–Crippen MR) is 435 cm³/mol. The van der Waals surface area contributed by atoms with Gasteiger partial charge in [0, 0.05) is 21.5 Å². The third-order valence-corrected chi connectivity index (χ3v) is 17.2. The van der Waals surface area contributed by atoms with Crippen molar-refractivity contribution in [2.24, 2.45) is 0 Å². The van der Waals surface area contributed by atoms with Gasteiger partial charge in [0.1, 0.15) is 22.3 Å². The van der Waals surface area contributed by atoms with E-state index in [9.17, 15) is 28.8 Å². The lowest BCUT2D eigenvalue weighted by Gasteiger charge is -2.20. The van der Waals surface area contributed by atoms with Crippen LogP contribution in [0.1, 0.15) is 82.2 Å². The minimum atomic E-state index is -1.14. The molecule has 0 aliphatic heterocycles. The summed E-state index contributed by atoms with van der Waals surface area (Å²) in [4.78, 5) is 0. The van der Waals surface area contributed by atoms with E-state index in [1.165, 1.54) is 0 Å². The normalized spacial score (nSPS) is 20.2. The number of benzene rings is 20. The third-order valence-electron chi connectivity index (χ3n) is 17.2. The van der Waals surface area contributed by atoms with Crippen LogP contribution in [0.4, 0.5) is 0 Å². The number of hydrogen-bond donors (Lipinski definition) is 0. The first-order valence-corrected chi connectivity index (χ1v) is 30.3. The highest BCUT2D eigenvalue weighted by atomic mass is 16.3. The monoisotopic (exact) mass is 1350 g/mol. The molecular formula is C100H60O2. The van der Waals surface area contributed by atoms with E-state index in [4.69, 9.17) is 62.3 Å². The first-order valence-electron chi connectivity index (χ1n) is 60.3. The van der Waals surface area contributed by atoms with Crippen molar-refractivity contribution < 1.29 is 91.1 Å². The Hall–Kier alpha value is -13.4. The maximum atomic E-state index is 10.4. The number of hydrogen-bond acceptors (Lipinski definition) is 2. The molecule has 0 amide bonds. The summed E-state index contributed by atoms with van der Waals surface area (Å²) in [5.41, 5.74) is -12.7.